The Balaban J connectivity index is 0.000000471. The normalized spacial score (nSPS) is 8.21. The molecule has 0 spiro atoms. The molecule has 0 radical (unpaired) electrons. The third-order valence-corrected chi connectivity index (χ3v) is 2.03. The lowest BCUT2D eigenvalue weighted by atomic mass is 10.3. The summed E-state index contributed by atoms with van der Waals surface area (Å²) >= 11 is 0. The number of rotatable bonds is 4. The van der Waals surface area contributed by atoms with Crippen molar-refractivity contribution in [2.45, 2.75) is 6.42 Å². The highest BCUT2D eigenvalue weighted by atomic mass is 35.5. The summed E-state index contributed by atoms with van der Waals surface area (Å²) in [7, 11) is 0. The summed E-state index contributed by atoms with van der Waals surface area (Å²) in [6.07, 6.45) is 1.15. The van der Waals surface area contributed by atoms with Crippen LogP contribution in [0.5, 0.6) is 0 Å². The van der Waals surface area contributed by atoms with Crippen LogP contribution >= 0.6 is 12.4 Å². The van der Waals surface area contributed by atoms with Gasteiger partial charge in [0.05, 0.1) is 6.42 Å². The number of halogens is 1. The van der Waals surface area contributed by atoms with E-state index in [1.54, 1.807) is 0 Å². The van der Waals surface area contributed by atoms with Crippen molar-refractivity contribution >= 4 is 36.4 Å². The molecule has 0 saturated carbocycles. The van der Waals surface area contributed by atoms with Crippen LogP contribution in [0.2, 0.25) is 0 Å². The van der Waals surface area contributed by atoms with E-state index in [1.807, 2.05) is 60.7 Å². The van der Waals surface area contributed by atoms with Crippen LogP contribution < -0.4 is 5.32 Å². The molecule has 0 aliphatic heterocycles. The van der Waals surface area contributed by atoms with Crippen molar-refractivity contribution in [3.05, 3.63) is 60.7 Å². The molecule has 0 atom stereocenters. The van der Waals surface area contributed by atoms with Gasteiger partial charge in [-0.15, -0.1) is 12.4 Å². The van der Waals surface area contributed by atoms with E-state index in [2.05, 4.69) is 5.32 Å². The molecular formula is C15H16ClNO2. The maximum absolute atomic E-state index is 9.17. The van der Waals surface area contributed by atoms with Crippen molar-refractivity contribution in [3.8, 4) is 0 Å². The van der Waals surface area contributed by atoms with Crippen molar-refractivity contribution in [3.63, 3.8) is 0 Å². The Morgan fingerprint density at radius 2 is 1.11 bits per heavy atom. The van der Waals surface area contributed by atoms with E-state index in [9.17, 15) is 9.59 Å². The van der Waals surface area contributed by atoms with E-state index < -0.39 is 0 Å². The number of hydrogen-bond donors (Lipinski definition) is 1. The van der Waals surface area contributed by atoms with Crippen LogP contribution in [-0.2, 0) is 9.59 Å². The zero-order valence-corrected chi connectivity index (χ0v) is 11.2. The fourth-order valence-corrected chi connectivity index (χ4v) is 1.25. The smallest absolute Gasteiger partial charge is 0.127 e. The molecule has 4 heteroatoms. The Morgan fingerprint density at radius 1 is 0.737 bits per heavy atom. The highest BCUT2D eigenvalue weighted by molar-refractivity contribution is 5.85. The molecule has 0 aliphatic carbocycles. The van der Waals surface area contributed by atoms with E-state index in [1.165, 1.54) is 0 Å². The number of anilines is 2. The number of para-hydroxylation sites is 2. The van der Waals surface area contributed by atoms with Gasteiger partial charge in [0.1, 0.15) is 12.6 Å². The number of benzene rings is 2. The van der Waals surface area contributed by atoms with Crippen molar-refractivity contribution < 1.29 is 9.59 Å². The van der Waals surface area contributed by atoms with Gasteiger partial charge in [-0.1, -0.05) is 36.4 Å². The molecule has 2 aromatic carbocycles. The minimum atomic E-state index is 0. The van der Waals surface area contributed by atoms with Gasteiger partial charge >= 0.3 is 0 Å². The molecule has 0 aromatic heterocycles. The maximum Gasteiger partial charge on any atom is 0.127 e. The second-order valence-corrected chi connectivity index (χ2v) is 3.43. The largest absolute Gasteiger partial charge is 0.356 e. The first-order chi connectivity index (χ1) is 8.86. The standard InChI is InChI=1S/C12H11N.C3H4O2.ClH/c1-3-7-11(8-4-1)13-12-9-5-2-6-10-12;4-2-1-3-5;/h1-10,13H;2-3H,1H2;1H. The lowest BCUT2D eigenvalue weighted by Crippen LogP contribution is -1.87. The van der Waals surface area contributed by atoms with Crippen LogP contribution in [0.3, 0.4) is 0 Å². The molecule has 0 saturated heterocycles. The molecule has 0 aliphatic rings. The minimum Gasteiger partial charge on any atom is -0.356 e. The van der Waals surface area contributed by atoms with Crippen LogP contribution in [-0.4, -0.2) is 12.6 Å². The van der Waals surface area contributed by atoms with E-state index in [0.29, 0.717) is 12.6 Å². The number of carbonyl (C=O) groups is 2. The lowest BCUT2D eigenvalue weighted by Gasteiger charge is -2.04. The van der Waals surface area contributed by atoms with E-state index >= 15 is 0 Å². The van der Waals surface area contributed by atoms with E-state index in [0.717, 1.165) is 11.4 Å². The summed E-state index contributed by atoms with van der Waals surface area (Å²) in [5.74, 6) is 0. The summed E-state index contributed by atoms with van der Waals surface area (Å²) in [5.41, 5.74) is 2.24. The summed E-state index contributed by atoms with van der Waals surface area (Å²) in [6, 6.07) is 20.3. The Labute approximate surface area is 119 Å². The number of aldehydes is 2. The van der Waals surface area contributed by atoms with Crippen LogP contribution in [0, 0.1) is 0 Å². The average molecular weight is 278 g/mol. The molecule has 0 heterocycles. The van der Waals surface area contributed by atoms with Gasteiger partial charge in [0.2, 0.25) is 0 Å². The number of carbonyl (C=O) groups excluding carboxylic acids is 2. The first-order valence-electron chi connectivity index (χ1n) is 5.61. The van der Waals surface area contributed by atoms with E-state index in [4.69, 9.17) is 0 Å². The molecule has 2 aromatic rings. The molecule has 0 fully saturated rings. The van der Waals surface area contributed by atoms with Gasteiger partial charge in [-0.05, 0) is 24.3 Å². The van der Waals surface area contributed by atoms with Gasteiger partial charge in [0, 0.05) is 11.4 Å². The summed E-state index contributed by atoms with van der Waals surface area (Å²) < 4.78 is 0. The van der Waals surface area contributed by atoms with Crippen molar-refractivity contribution in [2.75, 3.05) is 5.32 Å². The van der Waals surface area contributed by atoms with Crippen molar-refractivity contribution in [2.24, 2.45) is 0 Å². The molecule has 100 valence electrons. The molecule has 0 bridgehead atoms. The SMILES string of the molecule is Cl.O=CCC=O.c1ccc(Nc2ccccc2)cc1. The van der Waals surface area contributed by atoms with Gasteiger partial charge in [-0.3, -0.25) is 0 Å². The molecule has 0 amide bonds. The fourth-order valence-electron chi connectivity index (χ4n) is 1.25. The van der Waals surface area contributed by atoms with Crippen LogP contribution in [0.4, 0.5) is 11.4 Å². The lowest BCUT2D eigenvalue weighted by molar-refractivity contribution is -0.114. The van der Waals surface area contributed by atoms with Crippen LogP contribution in [0.15, 0.2) is 60.7 Å². The highest BCUT2D eigenvalue weighted by Crippen LogP contribution is 2.14. The van der Waals surface area contributed by atoms with Crippen molar-refractivity contribution in [1.29, 1.82) is 0 Å². The molecule has 1 N–H and O–H groups in total. The maximum atomic E-state index is 9.17. The van der Waals surface area contributed by atoms with E-state index in [-0.39, 0.29) is 18.8 Å². The minimum absolute atomic E-state index is 0. The Morgan fingerprint density at radius 3 is 1.37 bits per heavy atom. The second kappa shape index (κ2) is 11.0. The Hall–Kier alpha value is -2.13. The molecule has 0 unspecified atom stereocenters. The first-order valence-corrected chi connectivity index (χ1v) is 5.61. The van der Waals surface area contributed by atoms with Gasteiger partial charge in [0.25, 0.3) is 0 Å². The predicted molar refractivity (Wildman–Crippen MR) is 80.2 cm³/mol. The van der Waals surface area contributed by atoms with Gasteiger partial charge in [-0.25, -0.2) is 0 Å². The van der Waals surface area contributed by atoms with Crippen molar-refractivity contribution in [1.82, 2.24) is 0 Å². The summed E-state index contributed by atoms with van der Waals surface area (Å²) in [4.78, 5) is 18.3. The highest BCUT2D eigenvalue weighted by Gasteiger charge is 1.89. The number of hydrogen-bond acceptors (Lipinski definition) is 3. The third kappa shape index (κ3) is 7.73. The monoisotopic (exact) mass is 277 g/mol. The third-order valence-electron chi connectivity index (χ3n) is 2.03. The summed E-state index contributed by atoms with van der Waals surface area (Å²) in [6.45, 7) is 0. The van der Waals surface area contributed by atoms with Gasteiger partial charge < -0.3 is 14.9 Å². The van der Waals surface area contributed by atoms with Gasteiger partial charge in [0.15, 0.2) is 0 Å². The molecular weight excluding hydrogens is 262 g/mol. The fraction of sp³-hybridized carbons (Fsp3) is 0.0667. The average Bonchev–Trinajstić information content (AvgIpc) is 2.43. The predicted octanol–water partition coefficient (Wildman–Crippen LogP) is 3.63. The topological polar surface area (TPSA) is 46.2 Å². The number of nitrogens with one attached hydrogen (secondary N) is 1. The zero-order chi connectivity index (χ0) is 13.1. The zero-order valence-electron chi connectivity index (χ0n) is 10.4. The van der Waals surface area contributed by atoms with Crippen LogP contribution in [0.25, 0.3) is 0 Å². The quantitative estimate of drug-likeness (QED) is 0.686. The first kappa shape index (κ1) is 16.9. The Bertz CT molecular complexity index is 417. The Kier molecular flexibility index (Phi) is 9.76. The summed E-state index contributed by atoms with van der Waals surface area (Å²) in [5, 5.41) is 3.30. The molecule has 3 nitrogen and oxygen atoms in total. The second-order valence-electron chi connectivity index (χ2n) is 3.43. The molecule has 2 rings (SSSR count). The van der Waals surface area contributed by atoms with Crippen LogP contribution in [0.1, 0.15) is 6.42 Å². The van der Waals surface area contributed by atoms with Gasteiger partial charge in [-0.2, -0.15) is 0 Å². The molecule has 19 heavy (non-hydrogen) atoms.